The van der Waals surface area contributed by atoms with Crippen molar-refractivity contribution < 1.29 is 26.9 Å². The van der Waals surface area contributed by atoms with Gasteiger partial charge in [0.15, 0.2) is 0 Å². The summed E-state index contributed by atoms with van der Waals surface area (Å²) in [5, 5.41) is 2.67. The molecule has 0 aliphatic rings. The molecule has 0 saturated heterocycles. The third kappa shape index (κ3) is 11.5. The normalized spacial score (nSPS) is 13.7. The number of carbonyl (C=O) groups is 1. The zero-order valence-electron chi connectivity index (χ0n) is 17.2. The molecule has 1 aromatic rings. The first-order valence-corrected chi connectivity index (χ1v) is 10.6. The summed E-state index contributed by atoms with van der Waals surface area (Å²) in [6.07, 6.45) is 0.720. The topological polar surface area (TPSA) is 90.9 Å². The highest BCUT2D eigenvalue weighted by Gasteiger charge is 2.21. The van der Waals surface area contributed by atoms with Crippen LogP contribution < -0.4 is 10.1 Å². The molecule has 0 radical (unpaired) electrons. The van der Waals surface area contributed by atoms with E-state index in [1.54, 1.807) is 20.8 Å². The fourth-order valence-corrected chi connectivity index (χ4v) is 2.57. The van der Waals surface area contributed by atoms with Crippen molar-refractivity contribution in [3.63, 3.8) is 0 Å². The van der Waals surface area contributed by atoms with Gasteiger partial charge in [0, 0.05) is 0 Å². The molecule has 0 heterocycles. The molecule has 0 saturated carbocycles. The smallest absolute Gasteiger partial charge is 0.407 e. The van der Waals surface area contributed by atoms with Crippen molar-refractivity contribution >= 4 is 16.2 Å². The summed E-state index contributed by atoms with van der Waals surface area (Å²) < 4.78 is 38.5. The number of amides is 1. The van der Waals surface area contributed by atoms with Crippen LogP contribution in [0.2, 0.25) is 0 Å². The van der Waals surface area contributed by atoms with Gasteiger partial charge in [0.2, 0.25) is 0 Å². The van der Waals surface area contributed by atoms with Crippen LogP contribution >= 0.6 is 0 Å². The Morgan fingerprint density at radius 1 is 1.04 bits per heavy atom. The Bertz CT molecular complexity index is 714. The summed E-state index contributed by atoms with van der Waals surface area (Å²) in [6, 6.07) is 6.84. The molecule has 0 aromatic heterocycles. The zero-order chi connectivity index (χ0) is 20.9. The lowest BCUT2D eigenvalue weighted by molar-refractivity contribution is 0.0488. The quantitative estimate of drug-likeness (QED) is 0.705. The molecule has 0 aliphatic carbocycles. The second kappa shape index (κ2) is 8.93. The summed E-state index contributed by atoms with van der Waals surface area (Å²) in [6.45, 7) is 11.0. The summed E-state index contributed by atoms with van der Waals surface area (Å²) >= 11 is 0. The van der Waals surface area contributed by atoms with E-state index in [-0.39, 0.29) is 12.2 Å². The number of alkyl carbamates (subject to hydrolysis) is 1. The molecule has 7 nitrogen and oxygen atoms in total. The minimum atomic E-state index is -3.62. The molecule has 154 valence electrons. The number of rotatable bonds is 7. The fourth-order valence-electron chi connectivity index (χ4n) is 2.16. The summed E-state index contributed by atoms with van der Waals surface area (Å²) in [4.78, 5) is 12.0. The van der Waals surface area contributed by atoms with Gasteiger partial charge in [0.05, 0.1) is 18.9 Å². The molecule has 1 amide bonds. The zero-order valence-corrected chi connectivity index (χ0v) is 18.0. The first kappa shape index (κ1) is 23.2. The second-order valence-electron chi connectivity index (χ2n) is 8.39. The highest BCUT2D eigenvalue weighted by Crippen LogP contribution is 2.19. The van der Waals surface area contributed by atoms with E-state index in [0.29, 0.717) is 6.42 Å². The minimum absolute atomic E-state index is 0.182. The second-order valence-corrected chi connectivity index (χ2v) is 10.0. The van der Waals surface area contributed by atoms with Crippen LogP contribution in [0.4, 0.5) is 4.79 Å². The van der Waals surface area contributed by atoms with E-state index in [1.165, 1.54) is 0 Å². The van der Waals surface area contributed by atoms with Crippen molar-refractivity contribution in [2.75, 3.05) is 12.9 Å². The first-order chi connectivity index (χ1) is 12.1. The maximum Gasteiger partial charge on any atom is 0.407 e. The molecule has 0 bridgehead atoms. The van der Waals surface area contributed by atoms with Gasteiger partial charge >= 0.3 is 6.09 Å². The van der Waals surface area contributed by atoms with Gasteiger partial charge in [-0.05, 0) is 65.7 Å². The van der Waals surface area contributed by atoms with Gasteiger partial charge in [0.25, 0.3) is 10.1 Å². The fraction of sp³-hybridized carbons (Fsp3) is 0.632. The molecule has 0 spiro atoms. The number of ether oxygens (including phenoxy) is 2. The molecule has 8 heteroatoms. The van der Waals surface area contributed by atoms with E-state index in [0.717, 1.165) is 17.6 Å². The van der Waals surface area contributed by atoms with Crippen LogP contribution in [0.15, 0.2) is 24.3 Å². The molecule has 1 aromatic carbocycles. The first-order valence-electron chi connectivity index (χ1n) is 8.75. The lowest BCUT2D eigenvalue weighted by Crippen LogP contribution is -2.43. The number of hydrogen-bond donors (Lipinski definition) is 1. The lowest BCUT2D eigenvalue weighted by atomic mass is 10.1. The molecule has 1 rings (SSSR count). The Morgan fingerprint density at radius 2 is 1.59 bits per heavy atom. The van der Waals surface area contributed by atoms with Gasteiger partial charge in [0.1, 0.15) is 17.0 Å². The standard InChI is InChI=1S/C19H31NO6S/c1-18(2,3)25-16-10-8-14(9-11-16)12-15(13-24-27(7,22)23)20-17(21)26-19(4,5)6/h8-11,15H,12-13H2,1-7H3,(H,20,21). The Labute approximate surface area is 162 Å². The van der Waals surface area contributed by atoms with Crippen LogP contribution in [-0.4, -0.2) is 44.6 Å². The summed E-state index contributed by atoms with van der Waals surface area (Å²) in [5.41, 5.74) is -0.0568. The largest absolute Gasteiger partial charge is 0.488 e. The van der Waals surface area contributed by atoms with E-state index < -0.39 is 27.9 Å². The van der Waals surface area contributed by atoms with E-state index in [9.17, 15) is 13.2 Å². The predicted octanol–water partition coefficient (Wildman–Crippen LogP) is 3.28. The molecule has 0 fully saturated rings. The molecular formula is C19H31NO6S. The average Bonchev–Trinajstić information content (AvgIpc) is 2.42. The lowest BCUT2D eigenvalue weighted by Gasteiger charge is -2.24. The number of nitrogens with one attached hydrogen (secondary N) is 1. The van der Waals surface area contributed by atoms with Gasteiger partial charge in [-0.2, -0.15) is 8.42 Å². The third-order valence-electron chi connectivity index (χ3n) is 3.03. The molecule has 1 N–H and O–H groups in total. The van der Waals surface area contributed by atoms with Crippen molar-refractivity contribution in [1.82, 2.24) is 5.32 Å². The average molecular weight is 402 g/mol. The van der Waals surface area contributed by atoms with E-state index in [4.69, 9.17) is 13.7 Å². The van der Waals surface area contributed by atoms with Crippen molar-refractivity contribution in [3.05, 3.63) is 29.8 Å². The highest BCUT2D eigenvalue weighted by molar-refractivity contribution is 7.85. The predicted molar refractivity (Wildman–Crippen MR) is 104 cm³/mol. The molecular weight excluding hydrogens is 370 g/mol. The van der Waals surface area contributed by atoms with Gasteiger partial charge < -0.3 is 14.8 Å². The van der Waals surface area contributed by atoms with Crippen LogP contribution in [0.3, 0.4) is 0 Å². The van der Waals surface area contributed by atoms with E-state index in [1.807, 2.05) is 45.0 Å². The number of benzene rings is 1. The van der Waals surface area contributed by atoms with Gasteiger partial charge in [-0.15, -0.1) is 0 Å². The Kier molecular flexibility index (Phi) is 7.68. The van der Waals surface area contributed by atoms with Crippen molar-refractivity contribution in [2.24, 2.45) is 0 Å². The maximum absolute atomic E-state index is 12.0. The Hall–Kier alpha value is -1.80. The third-order valence-corrected chi connectivity index (χ3v) is 3.60. The van der Waals surface area contributed by atoms with Crippen LogP contribution in [0.5, 0.6) is 5.75 Å². The van der Waals surface area contributed by atoms with Crippen molar-refractivity contribution in [1.29, 1.82) is 0 Å². The SMILES string of the molecule is CC(C)(C)OC(=O)NC(COS(C)(=O)=O)Cc1ccc(OC(C)(C)C)cc1. The van der Waals surface area contributed by atoms with E-state index in [2.05, 4.69) is 5.32 Å². The Morgan fingerprint density at radius 3 is 2.04 bits per heavy atom. The highest BCUT2D eigenvalue weighted by atomic mass is 32.2. The monoisotopic (exact) mass is 401 g/mol. The number of carbonyl (C=O) groups excluding carboxylic acids is 1. The Balaban J connectivity index is 2.81. The number of hydrogen-bond acceptors (Lipinski definition) is 6. The van der Waals surface area contributed by atoms with Crippen molar-refractivity contribution in [2.45, 2.75) is 65.2 Å². The van der Waals surface area contributed by atoms with Crippen LogP contribution in [0, 0.1) is 0 Å². The van der Waals surface area contributed by atoms with Crippen molar-refractivity contribution in [3.8, 4) is 5.75 Å². The molecule has 0 aliphatic heterocycles. The van der Waals surface area contributed by atoms with Crippen LogP contribution in [0.1, 0.15) is 47.1 Å². The van der Waals surface area contributed by atoms with Crippen LogP contribution in [-0.2, 0) is 25.5 Å². The van der Waals surface area contributed by atoms with Gasteiger partial charge in [-0.3, -0.25) is 4.18 Å². The van der Waals surface area contributed by atoms with Crippen LogP contribution in [0.25, 0.3) is 0 Å². The van der Waals surface area contributed by atoms with Gasteiger partial charge in [-0.25, -0.2) is 4.79 Å². The molecule has 27 heavy (non-hydrogen) atoms. The minimum Gasteiger partial charge on any atom is -0.488 e. The van der Waals surface area contributed by atoms with Gasteiger partial charge in [-0.1, -0.05) is 12.1 Å². The molecule has 1 atom stereocenters. The maximum atomic E-state index is 12.0. The van der Waals surface area contributed by atoms with E-state index >= 15 is 0 Å². The summed E-state index contributed by atoms with van der Waals surface area (Å²) in [7, 11) is -3.62. The summed E-state index contributed by atoms with van der Waals surface area (Å²) in [5.74, 6) is 0.732. The molecule has 1 unspecified atom stereocenters.